The van der Waals surface area contributed by atoms with Gasteiger partial charge in [0.15, 0.2) is 5.13 Å². The molecule has 118 valence electrons. The highest BCUT2D eigenvalue weighted by atomic mass is 32.2. The molecular formula is C14H14N6OS2. The van der Waals surface area contributed by atoms with Crippen molar-refractivity contribution in [3.63, 3.8) is 0 Å². The van der Waals surface area contributed by atoms with E-state index in [9.17, 15) is 4.79 Å². The molecule has 9 heteroatoms. The van der Waals surface area contributed by atoms with Gasteiger partial charge in [-0.1, -0.05) is 30.0 Å². The fourth-order valence-electron chi connectivity index (χ4n) is 1.90. The maximum atomic E-state index is 12.7. The van der Waals surface area contributed by atoms with Gasteiger partial charge >= 0.3 is 0 Å². The second kappa shape index (κ2) is 6.80. The van der Waals surface area contributed by atoms with Gasteiger partial charge in [0, 0.05) is 5.38 Å². The van der Waals surface area contributed by atoms with Gasteiger partial charge in [-0.05, 0) is 19.1 Å². The van der Waals surface area contributed by atoms with Gasteiger partial charge < -0.3 is 5.73 Å². The van der Waals surface area contributed by atoms with Crippen LogP contribution in [0.15, 0.2) is 40.9 Å². The molecule has 0 saturated carbocycles. The number of hydrogen-bond donors (Lipinski definition) is 2. The zero-order chi connectivity index (χ0) is 16.2. The zero-order valence-electron chi connectivity index (χ0n) is 12.3. The highest BCUT2D eigenvalue weighted by Gasteiger charge is 2.21. The number of anilines is 3. The number of para-hydroxylation sites is 1. The third-order valence-corrected chi connectivity index (χ3v) is 4.64. The first-order valence-corrected chi connectivity index (χ1v) is 8.61. The Hall–Kier alpha value is -2.39. The van der Waals surface area contributed by atoms with Crippen LogP contribution < -0.4 is 10.6 Å². The molecule has 1 amide bonds. The van der Waals surface area contributed by atoms with Crippen LogP contribution in [-0.4, -0.2) is 31.8 Å². The highest BCUT2D eigenvalue weighted by Crippen LogP contribution is 2.29. The number of aromatic nitrogens is 4. The van der Waals surface area contributed by atoms with Crippen molar-refractivity contribution in [1.82, 2.24) is 20.2 Å². The van der Waals surface area contributed by atoms with E-state index in [0.29, 0.717) is 10.3 Å². The minimum atomic E-state index is -0.0982. The van der Waals surface area contributed by atoms with E-state index in [1.54, 1.807) is 4.90 Å². The molecule has 0 unspecified atom stereocenters. The number of aryl methyl sites for hydroxylation is 1. The minimum absolute atomic E-state index is 0.0982. The number of carbonyl (C=O) groups excluding carboxylic acids is 1. The summed E-state index contributed by atoms with van der Waals surface area (Å²) in [5, 5.41) is 9.47. The van der Waals surface area contributed by atoms with E-state index < -0.39 is 0 Å². The molecule has 0 bridgehead atoms. The number of nitrogens with zero attached hydrogens (tertiary/aromatic N) is 4. The number of nitrogens with one attached hydrogen (secondary N) is 1. The number of benzene rings is 1. The molecule has 0 aliphatic rings. The molecule has 0 spiro atoms. The first kappa shape index (κ1) is 15.5. The molecule has 23 heavy (non-hydrogen) atoms. The van der Waals surface area contributed by atoms with Gasteiger partial charge in [0.05, 0.1) is 17.1 Å². The molecule has 3 rings (SSSR count). The third kappa shape index (κ3) is 3.69. The first-order valence-electron chi connectivity index (χ1n) is 6.74. The van der Waals surface area contributed by atoms with E-state index in [0.717, 1.165) is 11.4 Å². The highest BCUT2D eigenvalue weighted by molar-refractivity contribution is 7.99. The largest absolute Gasteiger partial charge is 0.368 e. The smallest absolute Gasteiger partial charge is 0.243 e. The number of nitrogens with two attached hydrogens (primary N) is 1. The Labute approximate surface area is 141 Å². The van der Waals surface area contributed by atoms with Crippen LogP contribution in [0.2, 0.25) is 0 Å². The molecule has 1 aromatic carbocycles. The Bertz CT molecular complexity index is 800. The van der Waals surface area contributed by atoms with Crippen molar-refractivity contribution < 1.29 is 4.79 Å². The van der Waals surface area contributed by atoms with Crippen LogP contribution in [0.3, 0.4) is 0 Å². The number of hydrogen-bond acceptors (Lipinski definition) is 7. The van der Waals surface area contributed by atoms with E-state index in [2.05, 4.69) is 20.2 Å². The van der Waals surface area contributed by atoms with E-state index in [1.807, 2.05) is 42.6 Å². The molecular weight excluding hydrogens is 332 g/mol. The number of thiazole rings is 1. The van der Waals surface area contributed by atoms with Crippen molar-refractivity contribution in [1.29, 1.82) is 0 Å². The lowest BCUT2D eigenvalue weighted by molar-refractivity contribution is -0.115. The second-order valence-electron chi connectivity index (χ2n) is 4.63. The topological polar surface area (TPSA) is 101 Å². The summed E-state index contributed by atoms with van der Waals surface area (Å²) in [5.41, 5.74) is 7.15. The predicted molar refractivity (Wildman–Crippen MR) is 92.0 cm³/mol. The van der Waals surface area contributed by atoms with Gasteiger partial charge in [-0.2, -0.15) is 4.98 Å². The number of aromatic amines is 1. The summed E-state index contributed by atoms with van der Waals surface area (Å²) >= 11 is 2.66. The average Bonchev–Trinajstić information content (AvgIpc) is 3.15. The molecule has 0 aliphatic heterocycles. The zero-order valence-corrected chi connectivity index (χ0v) is 13.9. The van der Waals surface area contributed by atoms with Crippen LogP contribution in [0.1, 0.15) is 5.69 Å². The lowest BCUT2D eigenvalue weighted by Crippen LogP contribution is -2.27. The Balaban J connectivity index is 1.81. The molecule has 3 aromatic rings. The van der Waals surface area contributed by atoms with Gasteiger partial charge in [-0.25, -0.2) is 10.1 Å². The SMILES string of the molecule is Cc1csc(N(C(=O)CSc2n[nH]c(N)n2)c2ccccc2)n1. The molecule has 2 aromatic heterocycles. The summed E-state index contributed by atoms with van der Waals surface area (Å²) in [6.07, 6.45) is 0. The number of H-pyrrole nitrogens is 1. The van der Waals surface area contributed by atoms with Gasteiger partial charge in [0.1, 0.15) is 0 Å². The second-order valence-corrected chi connectivity index (χ2v) is 6.41. The van der Waals surface area contributed by atoms with Gasteiger partial charge in [-0.3, -0.25) is 9.69 Å². The standard InChI is InChI=1S/C14H14N6OS2/c1-9-7-23-14(16-9)20(10-5-3-2-4-6-10)11(21)8-22-13-17-12(15)18-19-13/h2-7H,8H2,1H3,(H3,15,17,18,19). The summed E-state index contributed by atoms with van der Waals surface area (Å²) in [5.74, 6) is 0.319. The molecule has 7 nitrogen and oxygen atoms in total. The Morgan fingerprint density at radius 1 is 1.35 bits per heavy atom. The molecule has 0 saturated heterocycles. The van der Waals surface area contributed by atoms with Crippen LogP contribution in [-0.2, 0) is 4.79 Å². The lowest BCUT2D eigenvalue weighted by Gasteiger charge is -2.19. The van der Waals surface area contributed by atoms with E-state index in [-0.39, 0.29) is 17.6 Å². The minimum Gasteiger partial charge on any atom is -0.368 e. The summed E-state index contributed by atoms with van der Waals surface area (Å²) in [6, 6.07) is 9.44. The summed E-state index contributed by atoms with van der Waals surface area (Å²) < 4.78 is 0. The molecule has 0 fully saturated rings. The summed E-state index contributed by atoms with van der Waals surface area (Å²) in [7, 11) is 0. The fourth-order valence-corrected chi connectivity index (χ4v) is 3.39. The molecule has 0 aliphatic carbocycles. The predicted octanol–water partition coefficient (Wildman–Crippen LogP) is 2.61. The van der Waals surface area contributed by atoms with Crippen molar-refractivity contribution >= 4 is 45.8 Å². The molecule has 2 heterocycles. The maximum absolute atomic E-state index is 12.7. The Kier molecular flexibility index (Phi) is 4.58. The van der Waals surface area contributed by atoms with Crippen molar-refractivity contribution in [3.8, 4) is 0 Å². The van der Waals surface area contributed by atoms with Crippen LogP contribution in [0.5, 0.6) is 0 Å². The summed E-state index contributed by atoms with van der Waals surface area (Å²) in [4.78, 5) is 22.7. The van der Waals surface area contributed by atoms with Crippen molar-refractivity contribution in [2.24, 2.45) is 0 Å². The molecule has 3 N–H and O–H groups in total. The average molecular weight is 346 g/mol. The van der Waals surface area contributed by atoms with Crippen molar-refractivity contribution in [2.45, 2.75) is 12.1 Å². The van der Waals surface area contributed by atoms with Crippen LogP contribution >= 0.6 is 23.1 Å². The van der Waals surface area contributed by atoms with Gasteiger partial charge in [-0.15, -0.1) is 16.4 Å². The lowest BCUT2D eigenvalue weighted by atomic mass is 10.3. The fraction of sp³-hybridized carbons (Fsp3) is 0.143. The third-order valence-electron chi connectivity index (χ3n) is 2.87. The van der Waals surface area contributed by atoms with Crippen molar-refractivity contribution in [2.75, 3.05) is 16.4 Å². The first-order chi connectivity index (χ1) is 11.1. The quantitative estimate of drug-likeness (QED) is 0.689. The van der Waals surface area contributed by atoms with Crippen LogP contribution in [0.4, 0.5) is 16.8 Å². The number of carbonyl (C=O) groups is 1. The molecule has 0 radical (unpaired) electrons. The number of nitrogen functional groups attached to an aromatic ring is 1. The van der Waals surface area contributed by atoms with E-state index >= 15 is 0 Å². The Morgan fingerprint density at radius 2 is 2.13 bits per heavy atom. The van der Waals surface area contributed by atoms with Gasteiger partial charge in [0.2, 0.25) is 17.0 Å². The van der Waals surface area contributed by atoms with E-state index in [4.69, 9.17) is 5.73 Å². The normalized spacial score (nSPS) is 10.7. The van der Waals surface area contributed by atoms with Gasteiger partial charge in [0.25, 0.3) is 0 Å². The Morgan fingerprint density at radius 3 is 2.74 bits per heavy atom. The number of rotatable bonds is 5. The monoisotopic (exact) mass is 346 g/mol. The number of amides is 1. The molecule has 0 atom stereocenters. The number of thioether (sulfide) groups is 1. The van der Waals surface area contributed by atoms with Crippen molar-refractivity contribution in [3.05, 3.63) is 41.4 Å². The van der Waals surface area contributed by atoms with Crippen LogP contribution in [0.25, 0.3) is 0 Å². The summed E-state index contributed by atoms with van der Waals surface area (Å²) in [6.45, 7) is 1.90. The van der Waals surface area contributed by atoms with E-state index in [1.165, 1.54) is 23.1 Å². The van der Waals surface area contributed by atoms with Crippen LogP contribution in [0, 0.1) is 6.92 Å². The maximum Gasteiger partial charge on any atom is 0.243 e.